The summed E-state index contributed by atoms with van der Waals surface area (Å²) in [6.07, 6.45) is 3.87. The lowest BCUT2D eigenvalue weighted by molar-refractivity contribution is 0.0975. The van der Waals surface area contributed by atoms with Gasteiger partial charge in [0.1, 0.15) is 0 Å². The maximum atomic E-state index is 13.4. The van der Waals surface area contributed by atoms with Crippen LogP contribution >= 0.6 is 45.2 Å². The third kappa shape index (κ3) is 7.04. The van der Waals surface area contributed by atoms with Crippen molar-refractivity contribution in [3.05, 3.63) is 91.1 Å². The SMILES string of the molecule is CCCCN(C(=O)c1ccc(C(=O)N(CCCC)c2ccc(I)cc2)cc1)c1ccc(I)cc1. The normalized spacial score (nSPS) is 10.7. The summed E-state index contributed by atoms with van der Waals surface area (Å²) < 4.78 is 2.26. The van der Waals surface area contributed by atoms with Gasteiger partial charge in [-0.25, -0.2) is 0 Å². The molecule has 0 aliphatic rings. The predicted octanol–water partition coefficient (Wildman–Crippen LogP) is 7.79. The van der Waals surface area contributed by atoms with Crippen LogP contribution in [0.3, 0.4) is 0 Å². The fourth-order valence-corrected chi connectivity index (χ4v) is 4.36. The van der Waals surface area contributed by atoms with Crippen LogP contribution in [0.25, 0.3) is 0 Å². The van der Waals surface area contributed by atoms with E-state index in [0.717, 1.165) is 44.2 Å². The highest BCUT2D eigenvalue weighted by Crippen LogP contribution is 2.22. The molecule has 0 N–H and O–H groups in total. The maximum absolute atomic E-state index is 13.4. The fraction of sp³-hybridized carbons (Fsp3) is 0.286. The molecule has 178 valence electrons. The van der Waals surface area contributed by atoms with Gasteiger partial charge in [-0.1, -0.05) is 26.7 Å². The molecule has 2 amide bonds. The number of unbranched alkanes of at least 4 members (excludes halogenated alkanes) is 2. The Hall–Kier alpha value is -1.94. The van der Waals surface area contributed by atoms with Crippen LogP contribution in [-0.2, 0) is 0 Å². The van der Waals surface area contributed by atoms with E-state index in [0.29, 0.717) is 24.2 Å². The van der Waals surface area contributed by atoms with Crippen molar-refractivity contribution in [2.45, 2.75) is 39.5 Å². The molecule has 0 fully saturated rings. The summed E-state index contributed by atoms with van der Waals surface area (Å²) in [5, 5.41) is 0. The Morgan fingerprint density at radius 2 is 0.912 bits per heavy atom. The van der Waals surface area contributed by atoms with Gasteiger partial charge in [-0.05, 0) is 131 Å². The Balaban J connectivity index is 1.83. The van der Waals surface area contributed by atoms with Gasteiger partial charge in [0.2, 0.25) is 0 Å². The van der Waals surface area contributed by atoms with Crippen molar-refractivity contribution < 1.29 is 9.59 Å². The van der Waals surface area contributed by atoms with Gasteiger partial charge in [-0.3, -0.25) is 9.59 Å². The molecule has 34 heavy (non-hydrogen) atoms. The van der Waals surface area contributed by atoms with Crippen molar-refractivity contribution in [3.63, 3.8) is 0 Å². The van der Waals surface area contributed by atoms with Crippen molar-refractivity contribution in [1.82, 2.24) is 0 Å². The standard InChI is InChI=1S/C28H30I2N2O2/c1-3-5-19-31(25-15-11-23(29)12-16-25)27(33)21-7-9-22(10-8-21)28(34)32(20-6-4-2)26-17-13-24(30)14-18-26/h7-18H,3-6,19-20H2,1-2H3. The lowest BCUT2D eigenvalue weighted by Gasteiger charge is -2.24. The second-order valence-corrected chi connectivity index (χ2v) is 10.6. The number of carbonyl (C=O) groups is 2. The van der Waals surface area contributed by atoms with E-state index < -0.39 is 0 Å². The van der Waals surface area contributed by atoms with Crippen LogP contribution in [0.2, 0.25) is 0 Å². The van der Waals surface area contributed by atoms with E-state index in [2.05, 4.69) is 59.0 Å². The molecule has 0 heterocycles. The van der Waals surface area contributed by atoms with Crippen molar-refractivity contribution in [1.29, 1.82) is 0 Å². The van der Waals surface area contributed by atoms with E-state index in [9.17, 15) is 9.59 Å². The Kier molecular flexibility index (Phi) is 10.4. The van der Waals surface area contributed by atoms with Gasteiger partial charge in [0.15, 0.2) is 0 Å². The van der Waals surface area contributed by atoms with Gasteiger partial charge in [-0.2, -0.15) is 0 Å². The number of anilines is 2. The summed E-state index contributed by atoms with van der Waals surface area (Å²) >= 11 is 4.53. The van der Waals surface area contributed by atoms with E-state index in [4.69, 9.17) is 0 Å². The minimum absolute atomic E-state index is 0.0471. The Labute approximate surface area is 230 Å². The Morgan fingerprint density at radius 1 is 0.588 bits per heavy atom. The molecule has 0 aromatic heterocycles. The highest BCUT2D eigenvalue weighted by Gasteiger charge is 2.20. The van der Waals surface area contributed by atoms with E-state index in [1.165, 1.54) is 0 Å². The first-order valence-electron chi connectivity index (χ1n) is 11.7. The minimum Gasteiger partial charge on any atom is -0.308 e. The van der Waals surface area contributed by atoms with Crippen molar-refractivity contribution in [3.8, 4) is 0 Å². The molecule has 3 aromatic rings. The monoisotopic (exact) mass is 680 g/mol. The zero-order valence-corrected chi connectivity index (χ0v) is 24.0. The number of rotatable bonds is 10. The Morgan fingerprint density at radius 3 is 1.21 bits per heavy atom. The minimum atomic E-state index is -0.0471. The van der Waals surface area contributed by atoms with Crippen molar-refractivity contribution in [2.24, 2.45) is 0 Å². The second-order valence-electron chi connectivity index (χ2n) is 8.15. The largest absolute Gasteiger partial charge is 0.308 e. The van der Waals surface area contributed by atoms with Crippen LogP contribution in [0.4, 0.5) is 11.4 Å². The number of halogens is 2. The number of hydrogen-bond donors (Lipinski definition) is 0. The number of amides is 2. The fourth-order valence-electron chi connectivity index (χ4n) is 3.64. The van der Waals surface area contributed by atoms with Gasteiger partial charge in [0.05, 0.1) is 0 Å². The molecule has 0 saturated carbocycles. The molecular formula is C28H30I2N2O2. The average molecular weight is 680 g/mol. The molecule has 0 aliphatic carbocycles. The number of benzene rings is 3. The van der Waals surface area contributed by atoms with E-state index in [1.54, 1.807) is 24.3 Å². The second kappa shape index (κ2) is 13.2. The predicted molar refractivity (Wildman–Crippen MR) is 158 cm³/mol. The molecule has 0 spiro atoms. The third-order valence-corrected chi connectivity index (χ3v) is 7.05. The topological polar surface area (TPSA) is 40.6 Å². The zero-order valence-electron chi connectivity index (χ0n) is 19.6. The number of nitrogens with zero attached hydrogens (tertiary/aromatic N) is 2. The lowest BCUT2D eigenvalue weighted by atomic mass is 10.1. The molecule has 4 nitrogen and oxygen atoms in total. The average Bonchev–Trinajstić information content (AvgIpc) is 2.86. The molecular weight excluding hydrogens is 650 g/mol. The quantitative estimate of drug-likeness (QED) is 0.205. The van der Waals surface area contributed by atoms with Gasteiger partial charge in [-0.15, -0.1) is 0 Å². The van der Waals surface area contributed by atoms with Crippen LogP contribution in [0.5, 0.6) is 0 Å². The van der Waals surface area contributed by atoms with Crippen molar-refractivity contribution in [2.75, 3.05) is 22.9 Å². The summed E-state index contributed by atoms with van der Waals surface area (Å²) in [6.45, 7) is 5.56. The number of hydrogen-bond acceptors (Lipinski definition) is 2. The molecule has 0 bridgehead atoms. The molecule has 0 saturated heterocycles. The lowest BCUT2D eigenvalue weighted by Crippen LogP contribution is -2.33. The molecule has 6 heteroatoms. The van der Waals surface area contributed by atoms with E-state index in [1.807, 2.05) is 58.3 Å². The molecule has 3 rings (SSSR count). The van der Waals surface area contributed by atoms with Crippen LogP contribution in [-0.4, -0.2) is 24.9 Å². The molecule has 0 unspecified atom stereocenters. The summed E-state index contributed by atoms with van der Waals surface area (Å²) in [5.41, 5.74) is 2.95. The van der Waals surface area contributed by atoms with Gasteiger partial charge < -0.3 is 9.80 Å². The summed E-state index contributed by atoms with van der Waals surface area (Å²) in [7, 11) is 0. The van der Waals surface area contributed by atoms with Gasteiger partial charge in [0.25, 0.3) is 11.8 Å². The van der Waals surface area contributed by atoms with Crippen LogP contribution in [0.1, 0.15) is 60.2 Å². The number of carbonyl (C=O) groups excluding carboxylic acids is 2. The van der Waals surface area contributed by atoms with Crippen LogP contribution < -0.4 is 9.80 Å². The van der Waals surface area contributed by atoms with Gasteiger partial charge in [0, 0.05) is 42.7 Å². The van der Waals surface area contributed by atoms with Crippen LogP contribution in [0, 0.1) is 7.14 Å². The summed E-state index contributed by atoms with van der Waals surface area (Å²) in [6, 6.07) is 23.1. The first-order valence-corrected chi connectivity index (χ1v) is 13.8. The first kappa shape index (κ1) is 26.7. The summed E-state index contributed by atoms with van der Waals surface area (Å²) in [4.78, 5) is 30.4. The van der Waals surface area contributed by atoms with Crippen LogP contribution in [0.15, 0.2) is 72.8 Å². The Bertz CT molecular complexity index is 992. The van der Waals surface area contributed by atoms with Crippen molar-refractivity contribution >= 4 is 68.4 Å². The third-order valence-electron chi connectivity index (χ3n) is 5.62. The zero-order chi connectivity index (χ0) is 24.5. The molecule has 0 radical (unpaired) electrons. The van der Waals surface area contributed by atoms with E-state index >= 15 is 0 Å². The van der Waals surface area contributed by atoms with E-state index in [-0.39, 0.29) is 11.8 Å². The smallest absolute Gasteiger partial charge is 0.258 e. The molecule has 0 aliphatic heterocycles. The summed E-state index contributed by atoms with van der Waals surface area (Å²) in [5.74, 6) is -0.0942. The highest BCUT2D eigenvalue weighted by molar-refractivity contribution is 14.1. The highest BCUT2D eigenvalue weighted by atomic mass is 127. The first-order chi connectivity index (χ1) is 16.4. The van der Waals surface area contributed by atoms with Gasteiger partial charge >= 0.3 is 0 Å². The molecule has 3 aromatic carbocycles. The molecule has 0 atom stereocenters. The maximum Gasteiger partial charge on any atom is 0.258 e.